The van der Waals surface area contributed by atoms with Gasteiger partial charge in [-0.3, -0.25) is 4.79 Å². The molecule has 0 spiro atoms. The Hall–Kier alpha value is -2.39. The number of hydrogen-bond acceptors (Lipinski definition) is 7. The molecule has 174 valence electrons. The molecule has 9 nitrogen and oxygen atoms in total. The Kier molecular flexibility index (Phi) is 9.51. The number of nitrogens with zero attached hydrogens (tertiary/aromatic N) is 2. The molecule has 0 aromatic heterocycles. The van der Waals surface area contributed by atoms with Gasteiger partial charge < -0.3 is 24.3 Å². The lowest BCUT2D eigenvalue weighted by Crippen LogP contribution is -2.51. The Bertz CT molecular complexity index is 714. The molecule has 1 aliphatic carbocycles. The van der Waals surface area contributed by atoms with Crippen molar-refractivity contribution < 1.29 is 29.3 Å². The van der Waals surface area contributed by atoms with Gasteiger partial charge in [-0.2, -0.15) is 0 Å². The lowest BCUT2D eigenvalue weighted by molar-refractivity contribution is -0.758. The van der Waals surface area contributed by atoms with E-state index in [1.165, 1.54) is 23.3 Å². The van der Waals surface area contributed by atoms with E-state index in [1.54, 1.807) is 0 Å². The van der Waals surface area contributed by atoms with Crippen LogP contribution in [0.15, 0.2) is 24.3 Å². The molecule has 0 aliphatic heterocycles. The third kappa shape index (κ3) is 8.34. The third-order valence-corrected chi connectivity index (χ3v) is 5.30. The number of carbonyl (C=O) groups is 1. The number of rotatable bonds is 12. The number of aliphatic hydroxyl groups is 1. The minimum Gasteiger partial charge on any atom is -0.491 e. The first-order chi connectivity index (χ1) is 14.7. The van der Waals surface area contributed by atoms with E-state index in [9.17, 15) is 20.0 Å². The Morgan fingerprint density at radius 2 is 1.94 bits per heavy atom. The van der Waals surface area contributed by atoms with Gasteiger partial charge in [-0.25, -0.2) is 0 Å². The van der Waals surface area contributed by atoms with Gasteiger partial charge in [0.25, 0.3) is 5.09 Å². The van der Waals surface area contributed by atoms with Gasteiger partial charge in [0.05, 0.1) is 13.2 Å². The van der Waals surface area contributed by atoms with Crippen LogP contribution in [-0.4, -0.2) is 65.6 Å². The highest BCUT2D eigenvalue weighted by Gasteiger charge is 2.29. The number of ether oxygens (including phenoxy) is 2. The molecule has 0 unspecified atom stereocenters. The second-order valence-corrected chi connectivity index (χ2v) is 8.77. The number of para-hydroxylation sites is 1. The van der Waals surface area contributed by atoms with E-state index < -0.39 is 16.7 Å². The van der Waals surface area contributed by atoms with Crippen molar-refractivity contribution in [3.63, 3.8) is 0 Å². The number of carbonyl (C=O) groups excluding carboxylic acids is 1. The van der Waals surface area contributed by atoms with Gasteiger partial charge in [0, 0.05) is 5.54 Å². The Labute approximate surface area is 183 Å². The van der Waals surface area contributed by atoms with Gasteiger partial charge in [0.1, 0.15) is 31.7 Å². The average molecular weight is 439 g/mol. The molecule has 2 rings (SSSR count). The van der Waals surface area contributed by atoms with Crippen molar-refractivity contribution in [3.05, 3.63) is 39.9 Å². The van der Waals surface area contributed by atoms with Crippen molar-refractivity contribution >= 4 is 5.91 Å². The van der Waals surface area contributed by atoms with Crippen molar-refractivity contribution in [1.29, 1.82) is 0 Å². The summed E-state index contributed by atoms with van der Waals surface area (Å²) in [6.07, 6.45) is 3.89. The van der Waals surface area contributed by atoms with Gasteiger partial charge in [-0.1, -0.05) is 31.0 Å². The fourth-order valence-electron chi connectivity index (χ4n) is 3.79. The van der Waals surface area contributed by atoms with Crippen LogP contribution in [0.1, 0.15) is 57.9 Å². The minimum absolute atomic E-state index is 0.0706. The van der Waals surface area contributed by atoms with E-state index in [4.69, 9.17) is 9.47 Å². The summed E-state index contributed by atoms with van der Waals surface area (Å²) >= 11 is 0. The molecule has 1 aliphatic rings. The van der Waals surface area contributed by atoms with Crippen LogP contribution < -0.4 is 4.74 Å². The quantitative estimate of drug-likeness (QED) is 0.303. The highest BCUT2D eigenvalue weighted by Crippen LogP contribution is 2.38. The van der Waals surface area contributed by atoms with Crippen LogP contribution in [0.25, 0.3) is 0 Å². The van der Waals surface area contributed by atoms with Gasteiger partial charge >= 0.3 is 0 Å². The van der Waals surface area contributed by atoms with Crippen LogP contribution in [0.2, 0.25) is 0 Å². The predicted molar refractivity (Wildman–Crippen MR) is 114 cm³/mol. The summed E-state index contributed by atoms with van der Waals surface area (Å²) in [6.45, 7) is 5.18. The summed E-state index contributed by atoms with van der Waals surface area (Å²) in [5.41, 5.74) is 0.641. The van der Waals surface area contributed by atoms with Crippen LogP contribution in [0, 0.1) is 10.1 Å². The lowest BCUT2D eigenvalue weighted by Gasteiger charge is -2.37. The maximum absolute atomic E-state index is 12.6. The first-order valence-electron chi connectivity index (χ1n) is 10.7. The van der Waals surface area contributed by atoms with E-state index in [1.807, 2.05) is 39.0 Å². The van der Waals surface area contributed by atoms with Crippen molar-refractivity contribution in [2.24, 2.45) is 0 Å². The minimum atomic E-state index is -0.909. The smallest absolute Gasteiger partial charge is 0.294 e. The molecule has 0 heterocycles. The fourth-order valence-corrected chi connectivity index (χ4v) is 3.79. The SMILES string of the molecule is CC(C)(C)N(C[C@H](O)COc1ccccc1C1CCCC1)C(=O)COCCO[N+](=O)[O-]. The highest BCUT2D eigenvalue weighted by molar-refractivity contribution is 5.78. The number of aliphatic hydroxyl groups excluding tert-OH is 1. The normalized spacial score (nSPS) is 15.5. The summed E-state index contributed by atoms with van der Waals surface area (Å²) < 4.78 is 11.1. The van der Waals surface area contributed by atoms with Gasteiger partial charge in [-0.05, 0) is 51.2 Å². The summed E-state index contributed by atoms with van der Waals surface area (Å²) in [5, 5.41) is 19.8. The van der Waals surface area contributed by atoms with Crippen LogP contribution in [-0.2, 0) is 14.4 Å². The number of amides is 1. The van der Waals surface area contributed by atoms with Crippen LogP contribution in [0.4, 0.5) is 0 Å². The Morgan fingerprint density at radius 1 is 1.26 bits per heavy atom. The van der Waals surface area contributed by atoms with E-state index in [0.717, 1.165) is 18.6 Å². The lowest BCUT2D eigenvalue weighted by atomic mass is 9.97. The molecule has 0 radical (unpaired) electrons. The zero-order valence-electron chi connectivity index (χ0n) is 18.6. The molecular weight excluding hydrogens is 404 g/mol. The predicted octanol–water partition coefficient (Wildman–Crippen LogP) is 2.94. The fraction of sp³-hybridized carbons (Fsp3) is 0.682. The monoisotopic (exact) mass is 438 g/mol. The summed E-state index contributed by atoms with van der Waals surface area (Å²) in [4.78, 5) is 28.4. The van der Waals surface area contributed by atoms with Gasteiger partial charge in [0.2, 0.25) is 5.91 Å². The van der Waals surface area contributed by atoms with E-state index >= 15 is 0 Å². The van der Waals surface area contributed by atoms with E-state index in [2.05, 4.69) is 10.9 Å². The zero-order chi connectivity index (χ0) is 22.9. The zero-order valence-corrected chi connectivity index (χ0v) is 18.6. The standard InChI is InChI=1S/C22H34N2O7/c1-22(2,3)23(21(26)16-29-12-13-31-24(27)28)14-18(25)15-30-20-11-7-6-10-19(20)17-8-4-5-9-17/h6-7,10-11,17-18,25H,4-5,8-9,12-16H2,1-3H3/t18-/m0/s1. The van der Waals surface area contributed by atoms with Crippen LogP contribution >= 0.6 is 0 Å². The summed E-state index contributed by atoms with van der Waals surface area (Å²) in [5.74, 6) is 0.965. The molecule has 1 N–H and O–H groups in total. The van der Waals surface area contributed by atoms with Crippen LogP contribution in [0.3, 0.4) is 0 Å². The molecule has 1 amide bonds. The first-order valence-corrected chi connectivity index (χ1v) is 10.7. The van der Waals surface area contributed by atoms with Crippen LogP contribution in [0.5, 0.6) is 5.75 Å². The Balaban J connectivity index is 1.87. The maximum atomic E-state index is 12.6. The summed E-state index contributed by atoms with van der Waals surface area (Å²) in [7, 11) is 0. The molecular formula is C22H34N2O7. The molecule has 1 saturated carbocycles. The molecule has 1 aromatic carbocycles. The molecule has 1 atom stereocenters. The molecule has 31 heavy (non-hydrogen) atoms. The van der Waals surface area contributed by atoms with Crippen molar-refractivity contribution in [2.75, 3.05) is 33.0 Å². The number of benzene rings is 1. The second-order valence-electron chi connectivity index (χ2n) is 8.77. The summed E-state index contributed by atoms with van der Waals surface area (Å²) in [6, 6.07) is 7.94. The van der Waals surface area contributed by atoms with Gasteiger partial charge in [0.15, 0.2) is 0 Å². The molecule has 1 aromatic rings. The van der Waals surface area contributed by atoms with Crippen molar-refractivity contribution in [1.82, 2.24) is 4.90 Å². The van der Waals surface area contributed by atoms with Crippen molar-refractivity contribution in [3.8, 4) is 5.75 Å². The number of β-amino-alcohol motifs (C(OH)–C–C–N with tert-alkyl or cyclic N) is 1. The second kappa shape index (κ2) is 11.9. The largest absolute Gasteiger partial charge is 0.491 e. The molecule has 0 bridgehead atoms. The Morgan fingerprint density at radius 3 is 2.58 bits per heavy atom. The topological polar surface area (TPSA) is 111 Å². The first kappa shape index (κ1) is 24.9. The van der Waals surface area contributed by atoms with Crippen molar-refractivity contribution in [2.45, 2.75) is 64.0 Å². The maximum Gasteiger partial charge on any atom is 0.294 e. The number of hydrogen-bond donors (Lipinski definition) is 1. The van der Waals surface area contributed by atoms with E-state index in [-0.39, 0.29) is 38.9 Å². The average Bonchev–Trinajstić information content (AvgIpc) is 3.24. The van der Waals surface area contributed by atoms with Gasteiger partial charge in [-0.15, -0.1) is 10.1 Å². The van der Waals surface area contributed by atoms with E-state index in [0.29, 0.717) is 5.92 Å². The molecule has 9 heteroatoms. The highest BCUT2D eigenvalue weighted by atomic mass is 17.0. The molecule has 0 saturated heterocycles. The third-order valence-electron chi connectivity index (χ3n) is 5.30. The molecule has 1 fully saturated rings.